The van der Waals surface area contributed by atoms with Crippen molar-refractivity contribution in [1.82, 2.24) is 0 Å². The molecule has 0 N–H and O–H groups in total. The van der Waals surface area contributed by atoms with Crippen LogP contribution in [0, 0.1) is 0 Å². The highest BCUT2D eigenvalue weighted by atomic mass is 16.6. The summed E-state index contributed by atoms with van der Waals surface area (Å²) in [6, 6.07) is 0. The van der Waals surface area contributed by atoms with Crippen LogP contribution >= 0.6 is 0 Å². The van der Waals surface area contributed by atoms with Crippen LogP contribution in [0.1, 0.15) is 400 Å². The van der Waals surface area contributed by atoms with Gasteiger partial charge in [0.1, 0.15) is 13.2 Å². The van der Waals surface area contributed by atoms with Gasteiger partial charge in [-0.25, -0.2) is 0 Å². The minimum absolute atomic E-state index is 0.0649. The van der Waals surface area contributed by atoms with Gasteiger partial charge in [-0.2, -0.15) is 0 Å². The topological polar surface area (TPSA) is 78.9 Å². The first-order chi connectivity index (χ1) is 40.5. The summed E-state index contributed by atoms with van der Waals surface area (Å²) in [5.41, 5.74) is 0. The fourth-order valence-corrected chi connectivity index (χ4v) is 11.1. The number of hydrogen-bond donors (Lipinski definition) is 0. The molecule has 0 bridgehead atoms. The average Bonchev–Trinajstić information content (AvgIpc) is 3.47. The molecule has 1 atom stereocenters. The number of ether oxygens (including phenoxy) is 3. The van der Waals surface area contributed by atoms with Gasteiger partial charge in [-0.15, -0.1) is 0 Å². The summed E-state index contributed by atoms with van der Waals surface area (Å²) >= 11 is 0. The summed E-state index contributed by atoms with van der Waals surface area (Å²) in [6.07, 6.45) is 90.0. The summed E-state index contributed by atoms with van der Waals surface area (Å²) in [5.74, 6) is -0.831. The number of hydrogen-bond acceptors (Lipinski definition) is 6. The summed E-state index contributed by atoms with van der Waals surface area (Å²) in [7, 11) is 0. The third kappa shape index (κ3) is 68.2. The Kier molecular flexibility index (Phi) is 68.6. The summed E-state index contributed by atoms with van der Waals surface area (Å²) in [4.78, 5) is 38.5. The van der Waals surface area contributed by atoms with Crippen molar-refractivity contribution in [3.05, 3.63) is 48.6 Å². The van der Waals surface area contributed by atoms with E-state index in [1.165, 1.54) is 276 Å². The van der Waals surface area contributed by atoms with E-state index < -0.39 is 6.10 Å². The van der Waals surface area contributed by atoms with E-state index in [4.69, 9.17) is 14.2 Å². The van der Waals surface area contributed by atoms with E-state index >= 15 is 0 Å². The Morgan fingerprint density at radius 3 is 0.744 bits per heavy atom. The van der Waals surface area contributed by atoms with Crippen LogP contribution in [0.4, 0.5) is 0 Å². The second-order valence-electron chi connectivity index (χ2n) is 24.8. The van der Waals surface area contributed by atoms with E-state index in [9.17, 15) is 14.4 Å². The third-order valence-electron chi connectivity index (χ3n) is 16.6. The Labute approximate surface area is 511 Å². The van der Waals surface area contributed by atoms with Gasteiger partial charge < -0.3 is 14.2 Å². The van der Waals surface area contributed by atoms with Gasteiger partial charge in [-0.1, -0.05) is 371 Å². The molecule has 0 fully saturated rings. The van der Waals surface area contributed by atoms with Gasteiger partial charge in [-0.3, -0.25) is 14.4 Å². The van der Waals surface area contributed by atoms with Crippen LogP contribution < -0.4 is 0 Å². The number of esters is 3. The van der Waals surface area contributed by atoms with Crippen LogP contribution in [0.25, 0.3) is 0 Å². The lowest BCUT2D eigenvalue weighted by molar-refractivity contribution is -0.167. The molecule has 0 rings (SSSR count). The van der Waals surface area contributed by atoms with Crippen LogP contribution in [-0.4, -0.2) is 37.2 Å². The highest BCUT2D eigenvalue weighted by Gasteiger charge is 2.19. The molecule has 0 aliphatic rings. The first-order valence-electron chi connectivity index (χ1n) is 36.6. The zero-order chi connectivity index (χ0) is 59.2. The van der Waals surface area contributed by atoms with E-state index in [-0.39, 0.29) is 31.1 Å². The van der Waals surface area contributed by atoms with Crippen molar-refractivity contribution in [2.24, 2.45) is 0 Å². The van der Waals surface area contributed by atoms with Crippen LogP contribution in [0.3, 0.4) is 0 Å². The molecule has 0 amide bonds. The van der Waals surface area contributed by atoms with Gasteiger partial charge in [-0.05, 0) is 57.8 Å². The minimum Gasteiger partial charge on any atom is -0.462 e. The highest BCUT2D eigenvalue weighted by molar-refractivity contribution is 5.71. The van der Waals surface area contributed by atoms with Crippen molar-refractivity contribution in [3.8, 4) is 0 Å². The lowest BCUT2D eigenvalue weighted by Crippen LogP contribution is -2.30. The van der Waals surface area contributed by atoms with Crippen molar-refractivity contribution >= 4 is 17.9 Å². The fraction of sp³-hybridized carbons (Fsp3) is 0.855. The zero-order valence-electron chi connectivity index (χ0n) is 55.3. The van der Waals surface area contributed by atoms with Gasteiger partial charge in [0, 0.05) is 19.3 Å². The highest BCUT2D eigenvalue weighted by Crippen LogP contribution is 2.19. The third-order valence-corrected chi connectivity index (χ3v) is 16.6. The molecular formula is C76H140O6. The Hall–Kier alpha value is -2.63. The normalized spacial score (nSPS) is 12.3. The molecule has 0 aliphatic carbocycles. The fourth-order valence-electron chi connectivity index (χ4n) is 11.1. The predicted molar refractivity (Wildman–Crippen MR) is 358 cm³/mol. The standard InChI is InChI=1S/C76H140O6/c1-4-7-10-13-16-19-22-25-28-31-33-34-35-36-37-38-39-40-41-42-43-46-48-51-54-57-60-63-66-69-75(78)81-72-73(71-80-74(77)68-65-62-59-56-53-50-47-44-30-27-24-21-18-15-12-9-6-3)82-76(79)70-67-64-61-58-55-52-49-45-32-29-26-23-20-17-14-11-8-5-2/h7,10,16,19,25,28,33-34,73H,4-6,8-9,11-15,17-18,20-24,26-27,29-32,35-72H2,1-3H3/b10-7-,19-16-,28-25-,34-33-. The van der Waals surface area contributed by atoms with Gasteiger partial charge in [0.25, 0.3) is 0 Å². The van der Waals surface area contributed by atoms with E-state index in [0.717, 1.165) is 83.5 Å². The average molecular weight is 1150 g/mol. The number of unbranched alkanes of at least 4 members (excludes halogenated alkanes) is 49. The molecule has 0 aromatic carbocycles. The maximum atomic E-state index is 13.0. The molecule has 0 aromatic rings. The first-order valence-corrected chi connectivity index (χ1v) is 36.6. The molecule has 480 valence electrons. The predicted octanol–water partition coefficient (Wildman–Crippen LogP) is 25.3. The smallest absolute Gasteiger partial charge is 0.306 e. The van der Waals surface area contributed by atoms with Crippen LogP contribution in [-0.2, 0) is 28.6 Å². The summed E-state index contributed by atoms with van der Waals surface area (Å²) in [5, 5.41) is 0. The molecule has 0 saturated carbocycles. The molecule has 1 unspecified atom stereocenters. The molecule has 6 nitrogen and oxygen atoms in total. The maximum Gasteiger partial charge on any atom is 0.306 e. The Bertz CT molecular complexity index is 1410. The molecular weight excluding hydrogens is 1010 g/mol. The first kappa shape index (κ1) is 79.4. The lowest BCUT2D eigenvalue weighted by Gasteiger charge is -2.18. The quantitative estimate of drug-likeness (QED) is 0.0261. The van der Waals surface area contributed by atoms with E-state index in [1.807, 2.05) is 0 Å². The molecule has 82 heavy (non-hydrogen) atoms. The van der Waals surface area contributed by atoms with E-state index in [1.54, 1.807) is 0 Å². The van der Waals surface area contributed by atoms with Crippen LogP contribution in [0.5, 0.6) is 0 Å². The van der Waals surface area contributed by atoms with Crippen molar-refractivity contribution in [1.29, 1.82) is 0 Å². The molecule has 0 spiro atoms. The van der Waals surface area contributed by atoms with Gasteiger partial charge in [0.15, 0.2) is 6.10 Å². The van der Waals surface area contributed by atoms with Gasteiger partial charge >= 0.3 is 17.9 Å². The monoisotopic (exact) mass is 1150 g/mol. The number of rotatable bonds is 68. The molecule has 0 saturated heterocycles. The van der Waals surface area contributed by atoms with Gasteiger partial charge in [0.05, 0.1) is 0 Å². The Balaban J connectivity index is 4.23. The Morgan fingerprint density at radius 1 is 0.256 bits per heavy atom. The number of carbonyl (C=O) groups is 3. The van der Waals surface area contributed by atoms with Crippen molar-refractivity contribution in [2.45, 2.75) is 406 Å². The minimum atomic E-state index is -0.769. The molecule has 0 aromatic heterocycles. The Morgan fingerprint density at radius 2 is 0.476 bits per heavy atom. The molecule has 0 aliphatic heterocycles. The van der Waals surface area contributed by atoms with E-state index in [2.05, 4.69) is 69.4 Å². The number of allylic oxidation sites excluding steroid dienone is 8. The second-order valence-corrected chi connectivity index (χ2v) is 24.8. The second kappa shape index (κ2) is 70.9. The van der Waals surface area contributed by atoms with Crippen LogP contribution in [0.2, 0.25) is 0 Å². The lowest BCUT2D eigenvalue weighted by atomic mass is 10.0. The van der Waals surface area contributed by atoms with Crippen LogP contribution in [0.15, 0.2) is 48.6 Å². The molecule has 6 heteroatoms. The maximum absolute atomic E-state index is 13.0. The van der Waals surface area contributed by atoms with E-state index in [0.29, 0.717) is 19.3 Å². The van der Waals surface area contributed by atoms with Crippen molar-refractivity contribution in [3.63, 3.8) is 0 Å². The molecule has 0 radical (unpaired) electrons. The summed E-state index contributed by atoms with van der Waals surface area (Å²) < 4.78 is 17.0. The SMILES string of the molecule is CC/C=C\C/C=C\C/C=C\C/C=C\CCCCCCCCCCCCCCCCCCC(=O)OCC(COC(=O)CCCCCCCCCCCCCCCCCCC)OC(=O)CCCCCCCCCCCCCCCCCCCC. The van der Waals surface area contributed by atoms with Gasteiger partial charge in [0.2, 0.25) is 0 Å². The van der Waals surface area contributed by atoms with Crippen molar-refractivity contribution in [2.75, 3.05) is 13.2 Å². The summed E-state index contributed by atoms with van der Waals surface area (Å²) in [6.45, 7) is 6.61. The molecule has 0 heterocycles. The largest absolute Gasteiger partial charge is 0.462 e. The zero-order valence-corrected chi connectivity index (χ0v) is 55.3. The van der Waals surface area contributed by atoms with Crippen molar-refractivity contribution < 1.29 is 28.6 Å². The number of carbonyl (C=O) groups excluding carboxylic acids is 3.